The Labute approximate surface area is 193 Å². The van der Waals surface area contributed by atoms with E-state index in [0.29, 0.717) is 24.2 Å². The summed E-state index contributed by atoms with van der Waals surface area (Å²) in [4.78, 5) is 13.5. The van der Waals surface area contributed by atoms with E-state index in [1.54, 1.807) is 51.1 Å². The largest absolute Gasteiger partial charge is 0.497 e. The van der Waals surface area contributed by atoms with Gasteiger partial charge in [-0.1, -0.05) is 12.1 Å². The van der Waals surface area contributed by atoms with Crippen molar-refractivity contribution in [1.29, 1.82) is 5.26 Å². The van der Waals surface area contributed by atoms with Crippen molar-refractivity contribution >= 4 is 16.1 Å². The van der Waals surface area contributed by atoms with Crippen molar-refractivity contribution in [3.05, 3.63) is 29.8 Å². The number of hydrogen-bond acceptors (Lipinski definition) is 6. The maximum Gasteiger partial charge on any atom is 0.410 e. The first-order valence-corrected chi connectivity index (χ1v) is 12.2. The molecule has 0 bridgehead atoms. The van der Waals surface area contributed by atoms with Crippen LogP contribution in [0.15, 0.2) is 24.3 Å². The average Bonchev–Trinajstić information content (AvgIpc) is 3.53. The zero-order chi connectivity index (χ0) is 24.6. The number of carbonyl (C=O) groups is 1. The number of benzene rings is 1. The molecule has 1 amide bonds. The Morgan fingerprint density at radius 1 is 1.27 bits per heavy atom. The quantitative estimate of drug-likeness (QED) is 0.586. The van der Waals surface area contributed by atoms with Gasteiger partial charge in [-0.05, 0) is 51.3 Å². The summed E-state index contributed by atoms with van der Waals surface area (Å²) in [7, 11) is -2.57. The number of ether oxygens (including phenoxy) is 2. The van der Waals surface area contributed by atoms with Gasteiger partial charge in [0.2, 0.25) is 10.0 Å². The van der Waals surface area contributed by atoms with E-state index in [1.165, 1.54) is 7.11 Å². The molecule has 0 aromatic heterocycles. The molecule has 0 radical (unpaired) electrons. The van der Waals surface area contributed by atoms with Gasteiger partial charge < -0.3 is 9.47 Å². The van der Waals surface area contributed by atoms with E-state index < -0.39 is 57.9 Å². The zero-order valence-electron chi connectivity index (χ0n) is 19.1. The van der Waals surface area contributed by atoms with Crippen LogP contribution in [-0.4, -0.2) is 66.2 Å². The highest BCUT2D eigenvalue weighted by molar-refractivity contribution is 7.90. The number of alkyl halides is 2. The van der Waals surface area contributed by atoms with Gasteiger partial charge in [0.1, 0.15) is 23.4 Å². The van der Waals surface area contributed by atoms with Gasteiger partial charge in [-0.25, -0.2) is 22.0 Å². The number of hydrogen-bond donors (Lipinski definition) is 0. The first-order valence-electron chi connectivity index (χ1n) is 10.7. The number of amides is 1. The van der Waals surface area contributed by atoms with Crippen molar-refractivity contribution in [3.8, 4) is 11.8 Å². The molecule has 8 nitrogen and oxygen atoms in total. The predicted molar refractivity (Wildman–Crippen MR) is 116 cm³/mol. The number of likely N-dealkylation sites (tertiary alicyclic amines) is 1. The van der Waals surface area contributed by atoms with Crippen LogP contribution in [0.1, 0.15) is 45.6 Å². The van der Waals surface area contributed by atoms with E-state index in [1.807, 2.05) is 0 Å². The third kappa shape index (κ3) is 5.38. The number of carbonyl (C=O) groups excluding carboxylic acids is 1. The average molecular weight is 486 g/mol. The lowest BCUT2D eigenvalue weighted by atomic mass is 10.0. The lowest BCUT2D eigenvalue weighted by Gasteiger charge is -2.32. The molecule has 182 valence electrons. The molecule has 1 heterocycles. The molecule has 1 saturated heterocycles. The monoisotopic (exact) mass is 485 g/mol. The van der Waals surface area contributed by atoms with Crippen molar-refractivity contribution in [3.63, 3.8) is 0 Å². The van der Waals surface area contributed by atoms with Crippen LogP contribution >= 0.6 is 0 Å². The minimum Gasteiger partial charge on any atom is -0.497 e. The van der Waals surface area contributed by atoms with Gasteiger partial charge in [0.15, 0.2) is 0 Å². The summed E-state index contributed by atoms with van der Waals surface area (Å²) < 4.78 is 69.0. The summed E-state index contributed by atoms with van der Waals surface area (Å²) in [6.45, 7) is 3.94. The minimum absolute atomic E-state index is 0.287. The molecule has 1 aliphatic heterocycles. The van der Waals surface area contributed by atoms with Crippen molar-refractivity contribution < 1.29 is 31.5 Å². The fraction of sp³-hybridized carbons (Fsp3) is 0.636. The van der Waals surface area contributed by atoms with Crippen LogP contribution in [0.25, 0.3) is 0 Å². The summed E-state index contributed by atoms with van der Waals surface area (Å²) in [5, 5.41) is 8.43. The minimum atomic E-state index is -4.06. The molecule has 0 N–H and O–H groups in total. The molecule has 1 aromatic rings. The van der Waals surface area contributed by atoms with Crippen LogP contribution in [0.2, 0.25) is 0 Å². The molecule has 1 aromatic carbocycles. The van der Waals surface area contributed by atoms with Crippen molar-refractivity contribution in [2.75, 3.05) is 13.7 Å². The maximum absolute atomic E-state index is 15.7. The van der Waals surface area contributed by atoms with Crippen LogP contribution in [0, 0.1) is 11.3 Å². The van der Waals surface area contributed by atoms with E-state index in [9.17, 15) is 13.2 Å². The number of rotatable bonds is 7. The molecule has 2 fully saturated rings. The van der Waals surface area contributed by atoms with Gasteiger partial charge >= 0.3 is 6.09 Å². The van der Waals surface area contributed by atoms with Crippen LogP contribution < -0.4 is 4.74 Å². The van der Waals surface area contributed by atoms with E-state index in [-0.39, 0.29) is 6.54 Å². The molecule has 11 heteroatoms. The zero-order valence-corrected chi connectivity index (χ0v) is 19.9. The van der Waals surface area contributed by atoms with Gasteiger partial charge in [-0.2, -0.15) is 9.57 Å². The second-order valence-corrected chi connectivity index (χ2v) is 11.5. The predicted octanol–water partition coefficient (Wildman–Crippen LogP) is 3.53. The number of nitriles is 1. The molecule has 0 unspecified atom stereocenters. The Morgan fingerprint density at radius 3 is 2.36 bits per heavy atom. The number of halogens is 2. The molecule has 2 aliphatic rings. The van der Waals surface area contributed by atoms with Gasteiger partial charge in [-0.3, -0.25) is 4.90 Å². The standard InChI is InChI=1S/C22H29F2N3O5S/c1-21(2,3)32-20(28)26-14-19(22(23,24)18(26)11-12-25)27(33(29,30)17-9-10-17)13-15-5-7-16(31-4)8-6-15/h5-8,17-19H,9-11,13-14H2,1-4H3/t18-,19-/m1/s1. The fourth-order valence-corrected chi connectivity index (χ4v) is 5.85. The van der Waals surface area contributed by atoms with E-state index in [0.717, 1.165) is 9.21 Å². The first kappa shape index (κ1) is 25.2. The van der Waals surface area contributed by atoms with Gasteiger partial charge in [0.25, 0.3) is 5.92 Å². The van der Waals surface area contributed by atoms with Crippen molar-refractivity contribution in [2.24, 2.45) is 0 Å². The first-order chi connectivity index (χ1) is 15.3. The van der Waals surface area contributed by atoms with Crippen LogP contribution in [0.4, 0.5) is 13.6 Å². The third-order valence-corrected chi connectivity index (χ3v) is 8.02. The Balaban J connectivity index is 1.98. The Bertz CT molecular complexity index is 1010. The lowest BCUT2D eigenvalue weighted by Crippen LogP contribution is -2.52. The Kier molecular flexibility index (Phi) is 6.92. The third-order valence-electron chi connectivity index (χ3n) is 5.66. The summed E-state index contributed by atoms with van der Waals surface area (Å²) >= 11 is 0. The summed E-state index contributed by atoms with van der Waals surface area (Å²) in [5.74, 6) is -3.10. The van der Waals surface area contributed by atoms with Gasteiger partial charge in [0, 0.05) is 13.1 Å². The highest BCUT2D eigenvalue weighted by Crippen LogP contribution is 2.43. The van der Waals surface area contributed by atoms with Crippen molar-refractivity contribution in [1.82, 2.24) is 9.21 Å². The molecular formula is C22H29F2N3O5S. The number of sulfonamides is 1. The molecular weight excluding hydrogens is 456 g/mol. The topological polar surface area (TPSA) is 99.9 Å². The molecule has 2 atom stereocenters. The number of methoxy groups -OCH3 is 1. The SMILES string of the molecule is COc1ccc(CN([C@@H]2CN(C(=O)OC(C)(C)C)[C@H](CC#N)C2(F)F)S(=O)(=O)C2CC2)cc1. The second-order valence-electron chi connectivity index (χ2n) is 9.34. The highest BCUT2D eigenvalue weighted by atomic mass is 32.2. The molecule has 1 aliphatic carbocycles. The van der Waals surface area contributed by atoms with Gasteiger partial charge in [-0.15, -0.1) is 0 Å². The van der Waals surface area contributed by atoms with Gasteiger partial charge in [0.05, 0.1) is 24.8 Å². The molecule has 1 saturated carbocycles. The second kappa shape index (κ2) is 9.06. The number of nitrogens with zero attached hydrogens (tertiary/aromatic N) is 3. The lowest BCUT2D eigenvalue weighted by molar-refractivity contribution is -0.0668. The normalized spacial score (nSPS) is 22.8. The Hall–Kier alpha value is -2.45. The van der Waals surface area contributed by atoms with E-state index in [2.05, 4.69) is 0 Å². The van der Waals surface area contributed by atoms with Crippen LogP contribution in [0.5, 0.6) is 5.75 Å². The maximum atomic E-state index is 15.7. The van der Waals surface area contributed by atoms with E-state index >= 15 is 8.78 Å². The molecule has 0 spiro atoms. The molecule has 33 heavy (non-hydrogen) atoms. The molecule has 3 rings (SSSR count). The summed E-state index contributed by atoms with van der Waals surface area (Å²) in [5.41, 5.74) is -0.437. The van der Waals surface area contributed by atoms with Crippen LogP contribution in [0.3, 0.4) is 0 Å². The highest BCUT2D eigenvalue weighted by Gasteiger charge is 2.63. The van der Waals surface area contributed by atoms with Crippen LogP contribution in [-0.2, 0) is 21.3 Å². The fourth-order valence-electron chi connectivity index (χ4n) is 3.85. The Morgan fingerprint density at radius 2 is 1.88 bits per heavy atom. The summed E-state index contributed by atoms with van der Waals surface area (Å²) in [6.07, 6.45) is -0.852. The van der Waals surface area contributed by atoms with Crippen molar-refractivity contribution in [2.45, 2.75) is 75.4 Å². The summed E-state index contributed by atoms with van der Waals surface area (Å²) in [6, 6.07) is 4.54. The van der Waals surface area contributed by atoms with E-state index in [4.69, 9.17) is 14.7 Å². The smallest absolute Gasteiger partial charge is 0.410 e.